The molecule has 1 heterocycles. The molecular formula is C27H29F4N3O6. The molecule has 0 radical (unpaired) electrons. The van der Waals surface area contributed by atoms with Gasteiger partial charge in [-0.25, -0.2) is 18.6 Å². The zero-order chi connectivity index (χ0) is 29.6. The summed E-state index contributed by atoms with van der Waals surface area (Å²) in [7, 11) is 0. The van der Waals surface area contributed by atoms with E-state index in [9.17, 15) is 27.2 Å². The van der Waals surface area contributed by atoms with E-state index in [2.05, 4.69) is 15.0 Å². The van der Waals surface area contributed by atoms with Crippen LogP contribution in [0.1, 0.15) is 62.0 Å². The van der Waals surface area contributed by atoms with Crippen LogP contribution in [-0.2, 0) is 11.3 Å². The Hall–Kier alpha value is -4.29. The van der Waals surface area contributed by atoms with Crippen molar-refractivity contribution >= 4 is 12.0 Å². The Kier molecular flexibility index (Phi) is 9.61. The van der Waals surface area contributed by atoms with E-state index >= 15 is 0 Å². The number of carbonyl (C=O) groups excluding carboxylic acids is 2. The van der Waals surface area contributed by atoms with Crippen molar-refractivity contribution in [2.75, 3.05) is 6.61 Å². The van der Waals surface area contributed by atoms with Gasteiger partial charge in [0.1, 0.15) is 11.6 Å². The molecule has 0 fully saturated rings. The molecule has 0 aliphatic rings. The number of carbonyl (C=O) groups is 2. The summed E-state index contributed by atoms with van der Waals surface area (Å²) in [6.45, 7) is 3.93. The third-order valence-electron chi connectivity index (χ3n) is 5.38. The lowest BCUT2D eigenvalue weighted by Gasteiger charge is -2.24. The van der Waals surface area contributed by atoms with Crippen LogP contribution in [0.25, 0.3) is 11.5 Å². The fraction of sp³-hybridized carbons (Fsp3) is 0.370. The summed E-state index contributed by atoms with van der Waals surface area (Å²) < 4.78 is 74.1. The summed E-state index contributed by atoms with van der Waals surface area (Å²) in [5.41, 5.74) is 4.79. The standard InChI is InChI=1S/C27H29F4N3O6/c1-5-37-19-10-14(7-9-18(19)38-25(30)31)24-34-21(22(40-24)20(39-26(32)36)12-27(2,3)4)23(35)33-13-15-6-8-16(28)11-17(15)29/h6-11,20,25H,5,12-13H2,1-4H3,(H2,32,36)(H,33,35). The average molecular weight is 568 g/mol. The second-order valence-corrected chi connectivity index (χ2v) is 9.81. The molecule has 9 nitrogen and oxygen atoms in total. The first-order valence-corrected chi connectivity index (χ1v) is 12.2. The van der Waals surface area contributed by atoms with Crippen LogP contribution in [0.15, 0.2) is 40.8 Å². The summed E-state index contributed by atoms with van der Waals surface area (Å²) in [5.74, 6) is -2.99. The lowest BCUT2D eigenvalue weighted by atomic mass is 9.88. The number of nitrogens with zero attached hydrogens (tertiary/aromatic N) is 1. The number of amides is 2. The molecule has 3 aromatic rings. The van der Waals surface area contributed by atoms with Gasteiger partial charge in [0.25, 0.3) is 5.91 Å². The van der Waals surface area contributed by atoms with E-state index in [1.165, 1.54) is 24.3 Å². The largest absolute Gasteiger partial charge is 0.490 e. The highest BCUT2D eigenvalue weighted by Crippen LogP contribution is 2.38. The van der Waals surface area contributed by atoms with Crippen LogP contribution in [0.5, 0.6) is 11.5 Å². The highest BCUT2D eigenvalue weighted by atomic mass is 19.3. The number of alkyl halides is 2. The molecule has 1 unspecified atom stereocenters. The van der Waals surface area contributed by atoms with Crippen LogP contribution in [0.2, 0.25) is 0 Å². The normalized spacial score (nSPS) is 12.2. The molecule has 216 valence electrons. The molecule has 13 heteroatoms. The van der Waals surface area contributed by atoms with Gasteiger partial charge >= 0.3 is 12.7 Å². The molecule has 0 aliphatic carbocycles. The van der Waals surface area contributed by atoms with Gasteiger partial charge in [0, 0.05) is 23.7 Å². The third kappa shape index (κ3) is 8.10. The van der Waals surface area contributed by atoms with Gasteiger partial charge in [-0.1, -0.05) is 26.8 Å². The maximum atomic E-state index is 14.1. The molecule has 2 amide bonds. The molecule has 3 N–H and O–H groups in total. The molecule has 0 saturated carbocycles. The number of primary amides is 1. The Morgan fingerprint density at radius 2 is 1.82 bits per heavy atom. The molecule has 1 aromatic heterocycles. The van der Waals surface area contributed by atoms with Crippen LogP contribution < -0.4 is 20.5 Å². The monoisotopic (exact) mass is 567 g/mol. The lowest BCUT2D eigenvalue weighted by Crippen LogP contribution is -2.27. The number of rotatable bonds is 11. The summed E-state index contributed by atoms with van der Waals surface area (Å²) in [6, 6.07) is 6.82. The third-order valence-corrected chi connectivity index (χ3v) is 5.38. The number of ether oxygens (including phenoxy) is 3. The van der Waals surface area contributed by atoms with E-state index in [4.69, 9.17) is 19.6 Å². The summed E-state index contributed by atoms with van der Waals surface area (Å²) in [4.78, 5) is 29.2. The first-order chi connectivity index (χ1) is 18.8. The first-order valence-electron chi connectivity index (χ1n) is 12.2. The number of aromatic nitrogens is 1. The fourth-order valence-electron chi connectivity index (χ4n) is 3.75. The zero-order valence-corrected chi connectivity index (χ0v) is 22.2. The van der Waals surface area contributed by atoms with Crippen LogP contribution in [0.4, 0.5) is 22.4 Å². The number of nitrogens with two attached hydrogens (primary N) is 1. The Balaban J connectivity index is 2.06. The molecule has 1 atom stereocenters. The maximum absolute atomic E-state index is 14.1. The Labute approximate surface area is 227 Å². The minimum absolute atomic E-state index is 0.00983. The van der Waals surface area contributed by atoms with Crippen molar-refractivity contribution in [3.8, 4) is 23.0 Å². The van der Waals surface area contributed by atoms with Crippen LogP contribution in [-0.4, -0.2) is 30.2 Å². The van der Waals surface area contributed by atoms with E-state index in [0.29, 0.717) is 6.07 Å². The Bertz CT molecular complexity index is 1360. The van der Waals surface area contributed by atoms with Crippen molar-refractivity contribution in [1.29, 1.82) is 0 Å². The molecule has 0 aliphatic heterocycles. The number of oxazole rings is 1. The van der Waals surface area contributed by atoms with Crippen molar-refractivity contribution in [1.82, 2.24) is 10.3 Å². The molecule has 0 saturated heterocycles. The smallest absolute Gasteiger partial charge is 0.405 e. The van der Waals surface area contributed by atoms with E-state index in [1.54, 1.807) is 6.92 Å². The Morgan fingerprint density at radius 3 is 2.42 bits per heavy atom. The van der Waals surface area contributed by atoms with Crippen molar-refractivity contribution in [3.63, 3.8) is 0 Å². The van der Waals surface area contributed by atoms with Crippen LogP contribution >= 0.6 is 0 Å². The number of hydrogen-bond donors (Lipinski definition) is 2. The summed E-state index contributed by atoms with van der Waals surface area (Å²) >= 11 is 0. The molecule has 0 bridgehead atoms. The van der Waals surface area contributed by atoms with Gasteiger partial charge in [0.05, 0.1) is 6.61 Å². The van der Waals surface area contributed by atoms with Gasteiger partial charge in [0.2, 0.25) is 5.89 Å². The topological polar surface area (TPSA) is 126 Å². The van der Waals surface area contributed by atoms with Gasteiger partial charge in [-0.2, -0.15) is 8.78 Å². The maximum Gasteiger partial charge on any atom is 0.405 e. The molecule has 40 heavy (non-hydrogen) atoms. The van der Waals surface area contributed by atoms with Gasteiger partial charge in [0.15, 0.2) is 29.1 Å². The van der Waals surface area contributed by atoms with Gasteiger partial charge in [-0.05, 0) is 43.0 Å². The second-order valence-electron chi connectivity index (χ2n) is 9.81. The zero-order valence-electron chi connectivity index (χ0n) is 22.2. The number of benzene rings is 2. The fourth-order valence-corrected chi connectivity index (χ4v) is 3.75. The Morgan fingerprint density at radius 1 is 1.10 bits per heavy atom. The van der Waals surface area contributed by atoms with Crippen molar-refractivity contribution < 1.29 is 45.8 Å². The number of nitrogens with one attached hydrogen (secondary N) is 1. The van der Waals surface area contributed by atoms with Gasteiger partial charge in [-0.3, -0.25) is 4.79 Å². The first kappa shape index (κ1) is 30.3. The van der Waals surface area contributed by atoms with E-state index in [-0.39, 0.29) is 59.5 Å². The van der Waals surface area contributed by atoms with Crippen molar-refractivity contribution in [2.45, 2.75) is 53.4 Å². The summed E-state index contributed by atoms with van der Waals surface area (Å²) in [6.07, 6.45) is -2.10. The predicted molar refractivity (Wildman–Crippen MR) is 135 cm³/mol. The number of hydrogen-bond acceptors (Lipinski definition) is 7. The molecule has 3 rings (SSSR count). The second kappa shape index (κ2) is 12.7. The minimum atomic E-state index is -3.09. The van der Waals surface area contributed by atoms with E-state index in [0.717, 1.165) is 6.07 Å². The quantitative estimate of drug-likeness (QED) is 0.267. The predicted octanol–water partition coefficient (Wildman–Crippen LogP) is 6.12. The van der Waals surface area contributed by atoms with Crippen LogP contribution in [0.3, 0.4) is 0 Å². The highest BCUT2D eigenvalue weighted by molar-refractivity contribution is 5.94. The van der Waals surface area contributed by atoms with E-state index in [1.807, 2.05) is 20.8 Å². The minimum Gasteiger partial charge on any atom is -0.490 e. The van der Waals surface area contributed by atoms with E-state index < -0.39 is 41.8 Å². The molecular weight excluding hydrogens is 538 g/mol. The average Bonchev–Trinajstić information content (AvgIpc) is 3.28. The van der Waals surface area contributed by atoms with Crippen molar-refractivity contribution in [2.24, 2.45) is 11.1 Å². The molecule has 2 aromatic carbocycles. The summed E-state index contributed by atoms with van der Waals surface area (Å²) in [5, 5.41) is 2.49. The molecule has 0 spiro atoms. The number of halogens is 4. The SMILES string of the molecule is CCOc1cc(-c2nc(C(=O)NCc3ccc(F)cc3F)c(C(CC(C)(C)C)OC(N)=O)o2)ccc1OC(F)F. The van der Waals surface area contributed by atoms with Gasteiger partial charge < -0.3 is 29.7 Å². The lowest BCUT2D eigenvalue weighted by molar-refractivity contribution is -0.0514. The van der Waals surface area contributed by atoms with Crippen LogP contribution in [0, 0.1) is 17.0 Å². The highest BCUT2D eigenvalue weighted by Gasteiger charge is 2.33. The van der Waals surface area contributed by atoms with Crippen molar-refractivity contribution in [3.05, 3.63) is 65.1 Å². The van der Waals surface area contributed by atoms with Gasteiger partial charge in [-0.15, -0.1) is 0 Å².